The summed E-state index contributed by atoms with van der Waals surface area (Å²) in [7, 11) is 3.98. The van der Waals surface area contributed by atoms with E-state index in [9.17, 15) is 15.0 Å². The number of hydrogen-bond acceptors (Lipinski definition) is 7. The molecule has 120 valence electrons. The van der Waals surface area contributed by atoms with E-state index in [1.807, 2.05) is 0 Å². The van der Waals surface area contributed by atoms with E-state index in [1.54, 1.807) is 6.07 Å². The van der Waals surface area contributed by atoms with Gasteiger partial charge in [0.1, 0.15) is 22.1 Å². The van der Waals surface area contributed by atoms with Gasteiger partial charge in [-0.1, -0.05) is 6.07 Å². The third kappa shape index (κ3) is 1.93. The normalized spacial score (nSPS) is 10.9. The maximum Gasteiger partial charge on any atom is 0.208 e. The summed E-state index contributed by atoms with van der Waals surface area (Å²) in [5, 5.41) is 20.3. The van der Waals surface area contributed by atoms with Crippen molar-refractivity contribution in [2.75, 3.05) is 21.3 Å². The van der Waals surface area contributed by atoms with Crippen LogP contribution in [-0.4, -0.2) is 31.5 Å². The highest BCUT2D eigenvalue weighted by Gasteiger charge is 2.27. The van der Waals surface area contributed by atoms with Crippen molar-refractivity contribution < 1.29 is 28.8 Å². The third-order valence-electron chi connectivity index (χ3n) is 3.58. The molecule has 0 aliphatic carbocycles. The smallest absolute Gasteiger partial charge is 0.208 e. The molecule has 7 heteroatoms. The van der Waals surface area contributed by atoms with Gasteiger partial charge in [-0.25, -0.2) is 0 Å². The number of phenols is 2. The van der Waals surface area contributed by atoms with E-state index in [0.717, 1.165) is 0 Å². The molecule has 7 nitrogen and oxygen atoms in total. The number of methoxy groups -OCH3 is 3. The molecule has 1 heterocycles. The quantitative estimate of drug-likeness (QED) is 0.715. The van der Waals surface area contributed by atoms with Crippen LogP contribution in [0.3, 0.4) is 0 Å². The summed E-state index contributed by atoms with van der Waals surface area (Å²) in [4.78, 5) is 12.8. The van der Waals surface area contributed by atoms with E-state index < -0.39 is 5.43 Å². The lowest BCUT2D eigenvalue weighted by Gasteiger charge is -2.15. The van der Waals surface area contributed by atoms with Gasteiger partial charge >= 0.3 is 0 Å². The van der Waals surface area contributed by atoms with Crippen LogP contribution in [0.15, 0.2) is 27.4 Å². The zero-order chi connectivity index (χ0) is 16.7. The van der Waals surface area contributed by atoms with Crippen LogP contribution in [0.4, 0.5) is 0 Å². The average Bonchev–Trinajstić information content (AvgIpc) is 2.53. The number of phenolic OH excluding ortho intramolecular Hbond substituents is 2. The Morgan fingerprint density at radius 1 is 0.913 bits per heavy atom. The second-order valence-electron chi connectivity index (χ2n) is 4.73. The molecular weight excluding hydrogens is 304 g/mol. The summed E-state index contributed by atoms with van der Waals surface area (Å²) >= 11 is 0. The van der Waals surface area contributed by atoms with Crippen molar-refractivity contribution in [2.24, 2.45) is 0 Å². The maximum atomic E-state index is 12.8. The van der Waals surface area contributed by atoms with Gasteiger partial charge < -0.3 is 28.8 Å². The van der Waals surface area contributed by atoms with Gasteiger partial charge in [-0.2, -0.15) is 0 Å². The molecular formula is C16H14O7. The first kappa shape index (κ1) is 14.8. The highest BCUT2D eigenvalue weighted by atomic mass is 16.5. The number of hydrogen-bond donors (Lipinski definition) is 2. The van der Waals surface area contributed by atoms with Crippen molar-refractivity contribution in [3.63, 3.8) is 0 Å². The maximum absolute atomic E-state index is 12.8. The first-order chi connectivity index (χ1) is 11.0. The summed E-state index contributed by atoms with van der Waals surface area (Å²) < 4.78 is 21.2. The standard InChI is InChI=1S/C16H14O7/c1-20-13-10-11(18)9-7(17)5-4-6-8(9)23-14(10)16(22-3)12(19)15(13)21-2/h4-6,17,19H,1-3H3. The van der Waals surface area contributed by atoms with E-state index in [0.29, 0.717) is 0 Å². The monoisotopic (exact) mass is 318 g/mol. The van der Waals surface area contributed by atoms with Crippen LogP contribution in [0.5, 0.6) is 28.7 Å². The van der Waals surface area contributed by atoms with Crippen molar-refractivity contribution in [2.45, 2.75) is 0 Å². The first-order valence-electron chi connectivity index (χ1n) is 6.64. The van der Waals surface area contributed by atoms with Crippen LogP contribution in [0.2, 0.25) is 0 Å². The minimum absolute atomic E-state index is 0.000275. The Morgan fingerprint density at radius 3 is 2.17 bits per heavy atom. The molecule has 2 N–H and O–H groups in total. The molecule has 2 aromatic carbocycles. The minimum Gasteiger partial charge on any atom is -0.507 e. The summed E-state index contributed by atoms with van der Waals surface area (Å²) in [6, 6.07) is 4.45. The SMILES string of the molecule is COc1c(O)c(OC)c2oc3cccc(O)c3c(=O)c2c1OC. The molecule has 0 fully saturated rings. The van der Waals surface area contributed by atoms with Gasteiger partial charge in [-0.3, -0.25) is 4.79 Å². The summed E-state index contributed by atoms with van der Waals surface area (Å²) in [5.41, 5.74) is -0.356. The van der Waals surface area contributed by atoms with Crippen LogP contribution in [-0.2, 0) is 0 Å². The molecule has 0 saturated carbocycles. The van der Waals surface area contributed by atoms with Crippen molar-refractivity contribution in [3.8, 4) is 28.7 Å². The van der Waals surface area contributed by atoms with Gasteiger partial charge in [0.25, 0.3) is 0 Å². The summed E-state index contributed by atoms with van der Waals surface area (Å²) in [5.74, 6) is -0.674. The van der Waals surface area contributed by atoms with Crippen LogP contribution in [0, 0.1) is 0 Å². The number of aromatic hydroxyl groups is 2. The average molecular weight is 318 g/mol. The van der Waals surface area contributed by atoms with Gasteiger partial charge in [0.2, 0.25) is 22.7 Å². The van der Waals surface area contributed by atoms with Gasteiger partial charge in [0, 0.05) is 0 Å². The highest BCUT2D eigenvalue weighted by Crippen LogP contribution is 2.49. The predicted octanol–water partition coefficient (Wildman–Crippen LogP) is 2.38. The summed E-state index contributed by atoms with van der Waals surface area (Å²) in [6.07, 6.45) is 0. The lowest BCUT2D eigenvalue weighted by Crippen LogP contribution is -2.07. The molecule has 3 aromatic rings. The van der Waals surface area contributed by atoms with E-state index in [2.05, 4.69) is 0 Å². The Kier molecular flexibility index (Phi) is 3.40. The fraction of sp³-hybridized carbons (Fsp3) is 0.188. The number of benzene rings is 2. The van der Waals surface area contributed by atoms with Crippen LogP contribution in [0.1, 0.15) is 0 Å². The van der Waals surface area contributed by atoms with Gasteiger partial charge in [0.05, 0.1) is 21.3 Å². The molecule has 0 amide bonds. The number of rotatable bonds is 3. The fourth-order valence-corrected chi connectivity index (χ4v) is 2.59. The van der Waals surface area contributed by atoms with Gasteiger partial charge in [-0.15, -0.1) is 0 Å². The molecule has 0 atom stereocenters. The zero-order valence-electron chi connectivity index (χ0n) is 12.7. The zero-order valence-corrected chi connectivity index (χ0v) is 12.7. The second kappa shape index (κ2) is 5.28. The van der Waals surface area contributed by atoms with Crippen molar-refractivity contribution >= 4 is 21.9 Å². The largest absolute Gasteiger partial charge is 0.507 e. The van der Waals surface area contributed by atoms with Crippen molar-refractivity contribution in [1.82, 2.24) is 0 Å². The van der Waals surface area contributed by atoms with Crippen LogP contribution >= 0.6 is 0 Å². The molecule has 0 unspecified atom stereocenters. The molecule has 0 bridgehead atoms. The lowest BCUT2D eigenvalue weighted by atomic mass is 10.1. The Balaban J connectivity index is 2.68. The molecule has 3 rings (SSSR count). The molecule has 0 saturated heterocycles. The Morgan fingerprint density at radius 2 is 1.57 bits per heavy atom. The van der Waals surface area contributed by atoms with Crippen molar-refractivity contribution in [1.29, 1.82) is 0 Å². The van der Waals surface area contributed by atoms with Gasteiger partial charge in [-0.05, 0) is 12.1 Å². The molecule has 0 aliphatic rings. The molecule has 23 heavy (non-hydrogen) atoms. The molecule has 1 aromatic heterocycles. The van der Waals surface area contributed by atoms with E-state index >= 15 is 0 Å². The summed E-state index contributed by atoms with van der Waals surface area (Å²) in [6.45, 7) is 0. The Labute approximate surface area is 130 Å². The topological polar surface area (TPSA) is 98.4 Å². The molecule has 0 aliphatic heterocycles. The number of fused-ring (bicyclic) bond motifs is 2. The van der Waals surface area contributed by atoms with Gasteiger partial charge in [0.15, 0.2) is 11.3 Å². The molecule has 0 spiro atoms. The van der Waals surface area contributed by atoms with Crippen LogP contribution in [0.25, 0.3) is 21.9 Å². The minimum atomic E-state index is -0.521. The fourth-order valence-electron chi connectivity index (χ4n) is 2.59. The lowest BCUT2D eigenvalue weighted by molar-refractivity contribution is 0.317. The van der Waals surface area contributed by atoms with Crippen molar-refractivity contribution in [3.05, 3.63) is 28.4 Å². The Hall–Kier alpha value is -3.09. The van der Waals surface area contributed by atoms with Crippen LogP contribution < -0.4 is 19.6 Å². The number of ether oxygens (including phenoxy) is 3. The predicted molar refractivity (Wildman–Crippen MR) is 83.0 cm³/mol. The highest BCUT2D eigenvalue weighted by molar-refractivity contribution is 6.01. The second-order valence-corrected chi connectivity index (χ2v) is 4.73. The first-order valence-corrected chi connectivity index (χ1v) is 6.64. The molecule has 0 radical (unpaired) electrons. The van der Waals surface area contributed by atoms with E-state index in [4.69, 9.17) is 18.6 Å². The Bertz CT molecular complexity index is 972. The van der Waals surface area contributed by atoms with E-state index in [-0.39, 0.29) is 50.7 Å². The van der Waals surface area contributed by atoms with E-state index in [1.165, 1.54) is 33.5 Å². The third-order valence-corrected chi connectivity index (χ3v) is 3.58.